The van der Waals surface area contributed by atoms with Gasteiger partial charge in [-0.15, -0.1) is 0 Å². The average molecular weight is 334 g/mol. The molecular weight excluding hydrogens is 312 g/mol. The highest BCUT2D eigenvalue weighted by atomic mass is 16.5. The van der Waals surface area contributed by atoms with Gasteiger partial charge in [0.15, 0.2) is 0 Å². The van der Waals surface area contributed by atoms with Gasteiger partial charge in [0, 0.05) is 43.8 Å². The standard InChI is InChI=1S/C21H22N2O2/c1-25-13-12-22-15-19(18-8-4-5-9-20(18)22)21(24)23-11-10-16-6-2-3-7-17(16)14-23/h2-9,15H,10-14H2,1H3. The molecule has 0 saturated carbocycles. The first-order valence-corrected chi connectivity index (χ1v) is 8.71. The Bertz CT molecular complexity index is 913. The number of rotatable bonds is 4. The summed E-state index contributed by atoms with van der Waals surface area (Å²) in [6, 6.07) is 16.5. The third-order valence-corrected chi connectivity index (χ3v) is 4.97. The zero-order valence-electron chi connectivity index (χ0n) is 14.4. The number of hydrogen-bond acceptors (Lipinski definition) is 2. The van der Waals surface area contributed by atoms with E-state index in [0.717, 1.165) is 36.0 Å². The summed E-state index contributed by atoms with van der Waals surface area (Å²) in [7, 11) is 1.70. The SMILES string of the molecule is COCCn1cc(C(=O)N2CCc3ccccc3C2)c2ccccc21. The summed E-state index contributed by atoms with van der Waals surface area (Å²) in [6.07, 6.45) is 2.90. The van der Waals surface area contributed by atoms with Crippen molar-refractivity contribution in [3.63, 3.8) is 0 Å². The van der Waals surface area contributed by atoms with Gasteiger partial charge in [0.2, 0.25) is 0 Å². The number of carbonyl (C=O) groups excluding carboxylic acids is 1. The van der Waals surface area contributed by atoms with Crippen molar-refractivity contribution in [1.82, 2.24) is 9.47 Å². The number of amides is 1. The Morgan fingerprint density at radius 3 is 2.68 bits per heavy atom. The molecule has 128 valence electrons. The van der Waals surface area contributed by atoms with Crippen LogP contribution in [0, 0.1) is 0 Å². The fourth-order valence-corrected chi connectivity index (χ4v) is 3.63. The Balaban J connectivity index is 1.67. The quantitative estimate of drug-likeness (QED) is 0.732. The number of carbonyl (C=O) groups is 1. The summed E-state index contributed by atoms with van der Waals surface area (Å²) < 4.78 is 7.32. The van der Waals surface area contributed by atoms with Crippen LogP contribution >= 0.6 is 0 Å². The van der Waals surface area contributed by atoms with E-state index in [0.29, 0.717) is 13.2 Å². The number of para-hydroxylation sites is 1. The molecule has 1 aliphatic heterocycles. The summed E-state index contributed by atoms with van der Waals surface area (Å²) >= 11 is 0. The normalized spacial score (nSPS) is 13.9. The lowest BCUT2D eigenvalue weighted by molar-refractivity contribution is 0.0736. The van der Waals surface area contributed by atoms with Crippen molar-refractivity contribution in [2.45, 2.75) is 19.5 Å². The second kappa shape index (κ2) is 6.73. The number of nitrogens with zero attached hydrogens (tertiary/aromatic N) is 2. The number of ether oxygens (including phenoxy) is 1. The van der Waals surface area contributed by atoms with Gasteiger partial charge in [-0.2, -0.15) is 0 Å². The molecule has 4 rings (SSSR count). The first kappa shape index (κ1) is 15.9. The van der Waals surface area contributed by atoms with E-state index in [9.17, 15) is 4.79 Å². The number of hydrogen-bond donors (Lipinski definition) is 0. The molecule has 3 aromatic rings. The van der Waals surface area contributed by atoms with Gasteiger partial charge in [-0.25, -0.2) is 0 Å². The molecule has 0 fully saturated rings. The molecule has 2 heterocycles. The number of benzene rings is 2. The zero-order valence-corrected chi connectivity index (χ0v) is 14.4. The predicted molar refractivity (Wildman–Crippen MR) is 98.7 cm³/mol. The third kappa shape index (κ3) is 2.94. The van der Waals surface area contributed by atoms with Crippen molar-refractivity contribution >= 4 is 16.8 Å². The molecule has 0 radical (unpaired) electrons. The van der Waals surface area contributed by atoms with Crippen LogP contribution in [-0.2, 0) is 24.2 Å². The van der Waals surface area contributed by atoms with Crippen LogP contribution in [0.3, 0.4) is 0 Å². The molecule has 1 amide bonds. The van der Waals surface area contributed by atoms with Crippen LogP contribution < -0.4 is 0 Å². The van der Waals surface area contributed by atoms with Gasteiger partial charge in [0.1, 0.15) is 0 Å². The maximum atomic E-state index is 13.2. The molecule has 2 aromatic carbocycles. The molecule has 0 spiro atoms. The van der Waals surface area contributed by atoms with Gasteiger partial charge in [0.25, 0.3) is 5.91 Å². The molecule has 0 saturated heterocycles. The molecule has 25 heavy (non-hydrogen) atoms. The Morgan fingerprint density at radius 2 is 1.84 bits per heavy atom. The van der Waals surface area contributed by atoms with Crippen LogP contribution in [0.4, 0.5) is 0 Å². The lowest BCUT2D eigenvalue weighted by atomic mass is 9.99. The molecular formula is C21H22N2O2. The minimum absolute atomic E-state index is 0.113. The zero-order chi connectivity index (χ0) is 17.2. The minimum Gasteiger partial charge on any atom is -0.383 e. The van der Waals surface area contributed by atoms with E-state index >= 15 is 0 Å². The van der Waals surface area contributed by atoms with Crippen molar-refractivity contribution in [2.75, 3.05) is 20.3 Å². The highest BCUT2D eigenvalue weighted by molar-refractivity contribution is 6.07. The van der Waals surface area contributed by atoms with Gasteiger partial charge in [-0.05, 0) is 23.6 Å². The van der Waals surface area contributed by atoms with Crippen LogP contribution in [-0.4, -0.2) is 35.6 Å². The van der Waals surface area contributed by atoms with Crippen molar-refractivity contribution in [1.29, 1.82) is 0 Å². The van der Waals surface area contributed by atoms with E-state index in [1.807, 2.05) is 35.4 Å². The summed E-state index contributed by atoms with van der Waals surface area (Å²) in [5.41, 5.74) is 4.48. The fourth-order valence-electron chi connectivity index (χ4n) is 3.63. The molecule has 0 atom stereocenters. The Hall–Kier alpha value is -2.59. The van der Waals surface area contributed by atoms with E-state index in [-0.39, 0.29) is 5.91 Å². The van der Waals surface area contributed by atoms with Crippen LogP contribution in [0.25, 0.3) is 10.9 Å². The molecule has 4 heteroatoms. The highest BCUT2D eigenvalue weighted by Gasteiger charge is 2.24. The van der Waals surface area contributed by atoms with Crippen LogP contribution in [0.2, 0.25) is 0 Å². The lowest BCUT2D eigenvalue weighted by Gasteiger charge is -2.28. The highest BCUT2D eigenvalue weighted by Crippen LogP contribution is 2.25. The topological polar surface area (TPSA) is 34.5 Å². The van der Waals surface area contributed by atoms with E-state index in [4.69, 9.17) is 4.74 Å². The molecule has 1 aliphatic rings. The van der Waals surface area contributed by atoms with E-state index < -0.39 is 0 Å². The Kier molecular flexibility index (Phi) is 4.28. The summed E-state index contributed by atoms with van der Waals surface area (Å²) in [6.45, 7) is 2.83. The maximum Gasteiger partial charge on any atom is 0.256 e. The molecule has 0 N–H and O–H groups in total. The fraction of sp³-hybridized carbons (Fsp3) is 0.286. The third-order valence-electron chi connectivity index (χ3n) is 4.97. The first-order chi connectivity index (χ1) is 12.3. The Morgan fingerprint density at radius 1 is 1.08 bits per heavy atom. The van der Waals surface area contributed by atoms with E-state index in [1.54, 1.807) is 7.11 Å². The van der Waals surface area contributed by atoms with Gasteiger partial charge >= 0.3 is 0 Å². The van der Waals surface area contributed by atoms with E-state index in [1.165, 1.54) is 11.1 Å². The van der Waals surface area contributed by atoms with Crippen molar-refractivity contribution < 1.29 is 9.53 Å². The van der Waals surface area contributed by atoms with Crippen LogP contribution in [0.15, 0.2) is 54.7 Å². The lowest BCUT2D eigenvalue weighted by Crippen LogP contribution is -2.35. The monoisotopic (exact) mass is 334 g/mol. The van der Waals surface area contributed by atoms with Gasteiger partial charge in [-0.1, -0.05) is 42.5 Å². The van der Waals surface area contributed by atoms with Crippen LogP contribution in [0.5, 0.6) is 0 Å². The number of fused-ring (bicyclic) bond motifs is 2. The van der Waals surface area contributed by atoms with Crippen molar-refractivity contribution in [3.05, 3.63) is 71.4 Å². The number of aromatic nitrogens is 1. The molecule has 0 unspecified atom stereocenters. The van der Waals surface area contributed by atoms with Gasteiger partial charge < -0.3 is 14.2 Å². The molecule has 1 aromatic heterocycles. The predicted octanol–water partition coefficient (Wildman–Crippen LogP) is 3.49. The van der Waals surface area contributed by atoms with Gasteiger partial charge in [0.05, 0.1) is 12.2 Å². The molecule has 4 nitrogen and oxygen atoms in total. The average Bonchev–Trinajstić information content (AvgIpc) is 3.04. The summed E-state index contributed by atoms with van der Waals surface area (Å²) in [4.78, 5) is 15.2. The molecule has 0 bridgehead atoms. The maximum absolute atomic E-state index is 13.2. The van der Waals surface area contributed by atoms with Crippen molar-refractivity contribution in [3.8, 4) is 0 Å². The second-order valence-electron chi connectivity index (χ2n) is 6.49. The number of methoxy groups -OCH3 is 1. The smallest absolute Gasteiger partial charge is 0.256 e. The van der Waals surface area contributed by atoms with Gasteiger partial charge in [-0.3, -0.25) is 4.79 Å². The molecule has 0 aliphatic carbocycles. The van der Waals surface area contributed by atoms with Crippen LogP contribution in [0.1, 0.15) is 21.5 Å². The summed E-state index contributed by atoms with van der Waals surface area (Å²) in [5, 5.41) is 1.02. The largest absolute Gasteiger partial charge is 0.383 e. The Labute approximate surface area is 147 Å². The second-order valence-corrected chi connectivity index (χ2v) is 6.49. The van der Waals surface area contributed by atoms with E-state index in [2.05, 4.69) is 28.8 Å². The minimum atomic E-state index is 0.113. The first-order valence-electron chi connectivity index (χ1n) is 8.71. The van der Waals surface area contributed by atoms with Crippen molar-refractivity contribution in [2.24, 2.45) is 0 Å². The summed E-state index contributed by atoms with van der Waals surface area (Å²) in [5.74, 6) is 0.113.